The first kappa shape index (κ1) is 22.3. The summed E-state index contributed by atoms with van der Waals surface area (Å²) in [7, 11) is 1.88. The minimum Gasteiger partial charge on any atom is -0.386 e. The van der Waals surface area contributed by atoms with Gasteiger partial charge in [0.05, 0.1) is 12.7 Å². The molecule has 2 unspecified atom stereocenters. The van der Waals surface area contributed by atoms with Crippen LogP contribution < -0.4 is 10.6 Å². The van der Waals surface area contributed by atoms with E-state index in [1.54, 1.807) is 6.20 Å². The molecule has 0 spiro atoms. The maximum atomic E-state index is 12.8. The Labute approximate surface area is 179 Å². The van der Waals surface area contributed by atoms with Crippen LogP contribution in [0.4, 0.5) is 4.39 Å². The van der Waals surface area contributed by atoms with E-state index in [1.807, 2.05) is 25.5 Å². The molecule has 1 fully saturated rings. The average molecular weight is 413 g/mol. The van der Waals surface area contributed by atoms with Gasteiger partial charge in [-0.2, -0.15) is 0 Å². The number of carbonyl (C=O) groups excluding carboxylic acids is 1. The summed E-state index contributed by atoms with van der Waals surface area (Å²) in [5.74, 6) is 0.567. The number of pyridine rings is 1. The Hall–Kier alpha value is -2.34. The van der Waals surface area contributed by atoms with Gasteiger partial charge in [-0.15, -0.1) is 0 Å². The third kappa shape index (κ3) is 5.42. The summed E-state index contributed by atoms with van der Waals surface area (Å²) in [6.45, 7) is 4.44. The van der Waals surface area contributed by atoms with E-state index in [9.17, 15) is 9.18 Å². The van der Waals surface area contributed by atoms with Crippen molar-refractivity contribution in [3.8, 4) is 0 Å². The molecule has 2 aliphatic rings. The quantitative estimate of drug-likeness (QED) is 0.613. The third-order valence-corrected chi connectivity index (χ3v) is 6.06. The summed E-state index contributed by atoms with van der Waals surface area (Å²) in [5, 5.41) is 6.59. The van der Waals surface area contributed by atoms with Crippen molar-refractivity contribution in [3.05, 3.63) is 53.1 Å². The molecule has 162 valence electrons. The van der Waals surface area contributed by atoms with Crippen molar-refractivity contribution in [1.29, 1.82) is 0 Å². The molecule has 5 nitrogen and oxygen atoms in total. The van der Waals surface area contributed by atoms with Crippen LogP contribution in [0.3, 0.4) is 0 Å². The van der Waals surface area contributed by atoms with Gasteiger partial charge in [0.15, 0.2) is 5.78 Å². The first-order valence-corrected chi connectivity index (χ1v) is 10.9. The molecule has 0 bridgehead atoms. The van der Waals surface area contributed by atoms with Crippen LogP contribution in [0.25, 0.3) is 0 Å². The van der Waals surface area contributed by atoms with E-state index >= 15 is 0 Å². The maximum Gasteiger partial charge on any atom is 0.184 e. The fourth-order valence-electron chi connectivity index (χ4n) is 3.88. The highest BCUT2D eigenvalue weighted by Gasteiger charge is 2.32. The third-order valence-electron chi connectivity index (χ3n) is 6.06. The number of ketones is 1. The van der Waals surface area contributed by atoms with Gasteiger partial charge in [0, 0.05) is 42.3 Å². The zero-order valence-corrected chi connectivity index (χ0v) is 18.2. The molecule has 1 aromatic heterocycles. The van der Waals surface area contributed by atoms with Gasteiger partial charge in [0.25, 0.3) is 0 Å². The lowest BCUT2D eigenvalue weighted by molar-refractivity contribution is -0.118. The second-order valence-electron chi connectivity index (χ2n) is 8.45. The van der Waals surface area contributed by atoms with Gasteiger partial charge >= 0.3 is 0 Å². The number of likely N-dealkylation sites (N-methyl/N-ethyl adjacent to an activating group) is 1. The fourth-order valence-corrected chi connectivity index (χ4v) is 3.88. The number of carbonyl (C=O) groups is 1. The molecule has 2 heterocycles. The summed E-state index contributed by atoms with van der Waals surface area (Å²) >= 11 is 0. The number of hydrogen-bond acceptors (Lipinski definition) is 5. The van der Waals surface area contributed by atoms with Crippen LogP contribution in [-0.2, 0) is 17.8 Å². The largest absolute Gasteiger partial charge is 0.386 e. The number of rotatable bonds is 10. The van der Waals surface area contributed by atoms with Gasteiger partial charge in [-0.1, -0.05) is 19.4 Å². The Bertz CT molecular complexity index is 842. The highest BCUT2D eigenvalue weighted by Crippen LogP contribution is 2.29. The highest BCUT2D eigenvalue weighted by atomic mass is 19.1. The fraction of sp³-hybridized carbons (Fsp3) is 0.542. The molecule has 1 aliphatic carbocycles. The number of hydrogen-bond donors (Lipinski definition) is 2. The molecule has 2 N–H and O–H groups in total. The van der Waals surface area contributed by atoms with Crippen LogP contribution in [0.2, 0.25) is 0 Å². The second kappa shape index (κ2) is 10.6. The van der Waals surface area contributed by atoms with E-state index in [0.717, 1.165) is 48.1 Å². The number of aromatic nitrogens is 1. The SMILES string of the molecule is CNC1C=CN=C(C(=O)C2CCC2)/C1=C/NCc1cnc(CC(C)CCF)c(C)c1. The van der Waals surface area contributed by atoms with Crippen LogP contribution >= 0.6 is 0 Å². The lowest BCUT2D eigenvalue weighted by Gasteiger charge is -2.28. The lowest BCUT2D eigenvalue weighted by atomic mass is 9.78. The van der Waals surface area contributed by atoms with Crippen molar-refractivity contribution < 1.29 is 9.18 Å². The van der Waals surface area contributed by atoms with Gasteiger partial charge < -0.3 is 10.6 Å². The highest BCUT2D eigenvalue weighted by molar-refractivity contribution is 6.47. The van der Waals surface area contributed by atoms with Crippen LogP contribution in [0, 0.1) is 18.8 Å². The van der Waals surface area contributed by atoms with Gasteiger partial charge in [0.2, 0.25) is 0 Å². The van der Waals surface area contributed by atoms with Gasteiger partial charge in [-0.3, -0.25) is 19.2 Å². The van der Waals surface area contributed by atoms with E-state index in [-0.39, 0.29) is 24.4 Å². The number of nitrogens with one attached hydrogen (secondary N) is 2. The standard InChI is InChI=1S/C24H33FN4O/c1-16(7-9-25)11-22-17(2)12-18(14-29-22)13-27-15-20-21(26-3)8-10-28-23(20)24(30)19-5-4-6-19/h8,10,12,14-16,19,21,26-27H,4-7,9,11,13H2,1-3H3/b20-15+. The summed E-state index contributed by atoms with van der Waals surface area (Å²) in [4.78, 5) is 21.8. The molecule has 0 amide bonds. The topological polar surface area (TPSA) is 66.4 Å². The van der Waals surface area contributed by atoms with Gasteiger partial charge in [-0.05, 0) is 62.8 Å². The molecule has 2 atom stereocenters. The van der Waals surface area contributed by atoms with E-state index < -0.39 is 0 Å². The van der Waals surface area contributed by atoms with Crippen molar-refractivity contribution in [3.63, 3.8) is 0 Å². The van der Waals surface area contributed by atoms with Gasteiger partial charge in [-0.25, -0.2) is 0 Å². The molecule has 6 heteroatoms. The van der Waals surface area contributed by atoms with E-state index in [1.165, 1.54) is 0 Å². The minimum atomic E-state index is -0.284. The normalized spacial score (nSPS) is 21.3. The summed E-state index contributed by atoms with van der Waals surface area (Å²) in [6, 6.07) is 2.09. The number of aryl methyl sites for hydroxylation is 1. The van der Waals surface area contributed by atoms with Crippen molar-refractivity contribution >= 4 is 11.5 Å². The summed E-state index contributed by atoms with van der Waals surface area (Å²) in [5.41, 5.74) is 4.69. The lowest BCUT2D eigenvalue weighted by Crippen LogP contribution is -2.38. The first-order chi connectivity index (χ1) is 14.5. The average Bonchev–Trinajstić information content (AvgIpc) is 2.69. The van der Waals surface area contributed by atoms with Gasteiger partial charge in [0.1, 0.15) is 5.71 Å². The molecular formula is C24H33FN4O. The Balaban J connectivity index is 1.66. The molecule has 1 saturated carbocycles. The zero-order valence-electron chi connectivity index (χ0n) is 18.2. The van der Waals surface area contributed by atoms with Crippen LogP contribution in [0.1, 0.15) is 49.4 Å². The van der Waals surface area contributed by atoms with Crippen LogP contribution in [0.5, 0.6) is 0 Å². The second-order valence-corrected chi connectivity index (χ2v) is 8.45. The smallest absolute Gasteiger partial charge is 0.184 e. The number of alkyl halides is 1. The van der Waals surface area contributed by atoms with Crippen molar-refractivity contribution in [1.82, 2.24) is 15.6 Å². The molecule has 1 aromatic rings. The van der Waals surface area contributed by atoms with Crippen LogP contribution in [-0.4, -0.2) is 36.2 Å². The van der Waals surface area contributed by atoms with Crippen molar-refractivity contribution in [2.75, 3.05) is 13.7 Å². The molecule has 0 radical (unpaired) electrons. The molecule has 30 heavy (non-hydrogen) atoms. The molecule has 3 rings (SSSR count). The van der Waals surface area contributed by atoms with E-state index in [0.29, 0.717) is 24.6 Å². The van der Waals surface area contributed by atoms with Crippen molar-refractivity contribution in [2.45, 2.75) is 58.5 Å². The molecule has 0 aromatic carbocycles. The zero-order chi connectivity index (χ0) is 21.5. The van der Waals surface area contributed by atoms with Crippen molar-refractivity contribution in [2.24, 2.45) is 16.8 Å². The Morgan fingerprint density at radius 2 is 2.20 bits per heavy atom. The number of halogens is 1. The van der Waals surface area contributed by atoms with E-state index in [2.05, 4.69) is 40.5 Å². The Kier molecular flexibility index (Phi) is 7.91. The molecule has 1 aliphatic heterocycles. The number of Topliss-reactive ketones (excluding diaryl/α,β-unsaturated/α-hetero) is 1. The molecular weight excluding hydrogens is 379 g/mol. The first-order valence-electron chi connectivity index (χ1n) is 10.9. The Morgan fingerprint density at radius 3 is 2.83 bits per heavy atom. The summed E-state index contributed by atoms with van der Waals surface area (Å²) < 4.78 is 12.5. The molecule has 0 saturated heterocycles. The minimum absolute atomic E-state index is 0.0340. The Morgan fingerprint density at radius 1 is 1.40 bits per heavy atom. The number of nitrogens with zero attached hydrogens (tertiary/aromatic N) is 2. The summed E-state index contributed by atoms with van der Waals surface area (Å²) in [6.07, 6.45) is 11.9. The van der Waals surface area contributed by atoms with Crippen LogP contribution in [0.15, 0.2) is 41.3 Å². The monoisotopic (exact) mass is 412 g/mol. The predicted octanol–water partition coefficient (Wildman–Crippen LogP) is 3.83. The number of aliphatic imine (C=N–C) groups is 1. The van der Waals surface area contributed by atoms with E-state index in [4.69, 9.17) is 0 Å². The predicted molar refractivity (Wildman–Crippen MR) is 119 cm³/mol. The maximum absolute atomic E-state index is 12.8.